The molecule has 0 fully saturated rings. The summed E-state index contributed by atoms with van der Waals surface area (Å²) in [5.74, 6) is 0. The van der Waals surface area contributed by atoms with E-state index in [9.17, 15) is 0 Å². The van der Waals surface area contributed by atoms with Crippen LogP contribution in [0.1, 0.15) is 5.69 Å². The third-order valence-corrected chi connectivity index (χ3v) is 2.15. The fourth-order valence-corrected chi connectivity index (χ4v) is 1.21. The molecule has 0 unspecified atom stereocenters. The van der Waals surface area contributed by atoms with E-state index in [0.29, 0.717) is 10.0 Å². The fraction of sp³-hybridized carbons (Fsp3) is 0.167. The predicted octanol–water partition coefficient (Wildman–Crippen LogP) is 3.35. The van der Waals surface area contributed by atoms with Crippen molar-refractivity contribution in [2.45, 2.75) is 6.92 Å². The summed E-state index contributed by atoms with van der Waals surface area (Å²) in [5, 5.41) is 1.01. The summed E-state index contributed by atoms with van der Waals surface area (Å²) in [4.78, 5) is 3.88. The highest BCUT2D eigenvalue weighted by Gasteiger charge is 2.03. The average molecular weight is 196 g/mol. The quantitative estimate of drug-likeness (QED) is 0.580. The van der Waals surface area contributed by atoms with Crippen LogP contribution in [0.3, 0.4) is 0 Å². The van der Waals surface area contributed by atoms with E-state index in [1.54, 1.807) is 13.0 Å². The van der Waals surface area contributed by atoms with Gasteiger partial charge in [0.05, 0.1) is 10.0 Å². The van der Waals surface area contributed by atoms with E-state index in [0.717, 1.165) is 5.69 Å². The monoisotopic (exact) mass is 195 g/mol. The predicted molar refractivity (Wildman–Crippen MR) is 44.0 cm³/mol. The van der Waals surface area contributed by atoms with Crippen molar-refractivity contribution in [1.29, 1.82) is 0 Å². The molecule has 1 heterocycles. The Morgan fingerprint density at radius 3 is 2.40 bits per heavy atom. The molecule has 1 rings (SSSR count). The van der Waals surface area contributed by atoms with Crippen LogP contribution < -0.4 is 0 Å². The van der Waals surface area contributed by atoms with E-state index in [1.165, 1.54) is 0 Å². The Balaban J connectivity index is 3.31. The van der Waals surface area contributed by atoms with Crippen molar-refractivity contribution < 1.29 is 0 Å². The number of aryl methyl sites for hydroxylation is 1. The molecule has 0 spiro atoms. The first kappa shape index (κ1) is 8.12. The molecule has 0 saturated carbocycles. The number of hydrogen-bond donors (Lipinski definition) is 0. The van der Waals surface area contributed by atoms with Gasteiger partial charge in [0.15, 0.2) is 0 Å². The van der Waals surface area contributed by atoms with E-state index in [4.69, 9.17) is 34.8 Å². The highest BCUT2D eigenvalue weighted by Crippen LogP contribution is 2.28. The summed E-state index contributed by atoms with van der Waals surface area (Å²) < 4.78 is 0. The third kappa shape index (κ3) is 1.54. The van der Waals surface area contributed by atoms with Crippen LogP contribution in [-0.4, -0.2) is 4.98 Å². The van der Waals surface area contributed by atoms with Crippen molar-refractivity contribution in [1.82, 2.24) is 4.98 Å². The highest BCUT2D eigenvalue weighted by molar-refractivity contribution is 6.47. The van der Waals surface area contributed by atoms with Crippen LogP contribution in [0.4, 0.5) is 0 Å². The van der Waals surface area contributed by atoms with Gasteiger partial charge in [-0.3, -0.25) is 0 Å². The molecular formula is C6H4Cl3N. The maximum Gasteiger partial charge on any atom is 0.149 e. The molecule has 0 aliphatic rings. The minimum atomic E-state index is 0.256. The van der Waals surface area contributed by atoms with Crippen molar-refractivity contribution >= 4 is 34.8 Å². The van der Waals surface area contributed by atoms with E-state index < -0.39 is 0 Å². The van der Waals surface area contributed by atoms with Gasteiger partial charge in [0.25, 0.3) is 0 Å². The second-order valence-corrected chi connectivity index (χ2v) is 2.99. The van der Waals surface area contributed by atoms with Crippen LogP contribution in [0.15, 0.2) is 6.07 Å². The van der Waals surface area contributed by atoms with Crippen LogP contribution in [0, 0.1) is 6.92 Å². The molecule has 54 valence electrons. The first-order valence-electron chi connectivity index (χ1n) is 2.59. The molecule has 0 saturated heterocycles. The molecule has 1 aromatic heterocycles. The van der Waals surface area contributed by atoms with Crippen molar-refractivity contribution in [2.24, 2.45) is 0 Å². The van der Waals surface area contributed by atoms with Crippen molar-refractivity contribution in [3.8, 4) is 0 Å². The van der Waals surface area contributed by atoms with Gasteiger partial charge >= 0.3 is 0 Å². The lowest BCUT2D eigenvalue weighted by Crippen LogP contribution is -1.82. The Labute approximate surface area is 73.9 Å². The molecule has 10 heavy (non-hydrogen) atoms. The number of hydrogen-bond acceptors (Lipinski definition) is 1. The molecule has 0 bridgehead atoms. The van der Waals surface area contributed by atoms with Gasteiger partial charge in [-0.15, -0.1) is 0 Å². The lowest BCUT2D eigenvalue weighted by Gasteiger charge is -1.98. The Hall–Kier alpha value is 0.0200. The van der Waals surface area contributed by atoms with Crippen LogP contribution >= 0.6 is 34.8 Å². The minimum absolute atomic E-state index is 0.256. The zero-order valence-corrected chi connectivity index (χ0v) is 7.43. The van der Waals surface area contributed by atoms with Crippen LogP contribution in [-0.2, 0) is 0 Å². The standard InChI is InChI=1S/C6H4Cl3N/c1-3-2-4(7)5(8)6(9)10-3/h2H,1H3. The summed E-state index contributed by atoms with van der Waals surface area (Å²) in [7, 11) is 0. The summed E-state index contributed by atoms with van der Waals surface area (Å²) in [6, 6.07) is 1.66. The largest absolute Gasteiger partial charge is 0.240 e. The van der Waals surface area contributed by atoms with Gasteiger partial charge < -0.3 is 0 Å². The van der Waals surface area contributed by atoms with Crippen LogP contribution in [0.25, 0.3) is 0 Å². The zero-order valence-electron chi connectivity index (χ0n) is 5.16. The molecule has 0 atom stereocenters. The lowest BCUT2D eigenvalue weighted by molar-refractivity contribution is 1.20. The molecule has 1 aromatic rings. The number of nitrogens with zero attached hydrogens (tertiary/aromatic N) is 1. The number of pyridine rings is 1. The Morgan fingerprint density at radius 1 is 1.30 bits per heavy atom. The van der Waals surface area contributed by atoms with Crippen molar-refractivity contribution in [3.63, 3.8) is 0 Å². The van der Waals surface area contributed by atoms with E-state index in [2.05, 4.69) is 4.98 Å². The molecule has 0 amide bonds. The van der Waals surface area contributed by atoms with Gasteiger partial charge in [0, 0.05) is 5.69 Å². The van der Waals surface area contributed by atoms with E-state index >= 15 is 0 Å². The van der Waals surface area contributed by atoms with E-state index in [1.807, 2.05) is 0 Å². The topological polar surface area (TPSA) is 12.9 Å². The third-order valence-electron chi connectivity index (χ3n) is 1.00. The first-order valence-corrected chi connectivity index (χ1v) is 3.73. The van der Waals surface area contributed by atoms with Gasteiger partial charge in [-0.05, 0) is 13.0 Å². The highest BCUT2D eigenvalue weighted by atomic mass is 35.5. The number of halogens is 3. The maximum absolute atomic E-state index is 5.66. The summed E-state index contributed by atoms with van der Waals surface area (Å²) >= 11 is 16.9. The van der Waals surface area contributed by atoms with Crippen molar-refractivity contribution in [3.05, 3.63) is 27.0 Å². The summed E-state index contributed by atoms with van der Waals surface area (Å²) in [6.45, 7) is 1.80. The van der Waals surface area contributed by atoms with E-state index in [-0.39, 0.29) is 5.15 Å². The lowest BCUT2D eigenvalue weighted by atomic mass is 10.4. The molecular weight excluding hydrogens is 192 g/mol. The first-order chi connectivity index (χ1) is 4.61. The zero-order chi connectivity index (χ0) is 7.72. The average Bonchev–Trinajstić information content (AvgIpc) is 1.82. The Morgan fingerprint density at radius 2 is 1.90 bits per heavy atom. The fourth-order valence-electron chi connectivity index (χ4n) is 0.581. The molecule has 0 radical (unpaired) electrons. The van der Waals surface area contributed by atoms with Gasteiger partial charge in [0.1, 0.15) is 5.15 Å². The number of aromatic nitrogens is 1. The van der Waals surface area contributed by atoms with Gasteiger partial charge in [0.2, 0.25) is 0 Å². The minimum Gasteiger partial charge on any atom is -0.240 e. The maximum atomic E-state index is 5.66. The van der Waals surface area contributed by atoms with Gasteiger partial charge in [-0.2, -0.15) is 0 Å². The number of rotatable bonds is 0. The molecule has 4 heteroatoms. The smallest absolute Gasteiger partial charge is 0.149 e. The summed E-state index contributed by atoms with van der Waals surface area (Å²) in [5.41, 5.74) is 0.763. The second kappa shape index (κ2) is 2.95. The van der Waals surface area contributed by atoms with Gasteiger partial charge in [-0.1, -0.05) is 34.8 Å². The molecule has 0 aromatic carbocycles. The van der Waals surface area contributed by atoms with Crippen LogP contribution in [0.2, 0.25) is 15.2 Å². The summed E-state index contributed by atoms with van der Waals surface area (Å²) in [6.07, 6.45) is 0. The Bertz CT molecular complexity index is 236. The second-order valence-electron chi connectivity index (χ2n) is 1.85. The molecule has 0 aliphatic heterocycles. The normalized spacial score (nSPS) is 10.0. The van der Waals surface area contributed by atoms with Crippen LogP contribution in [0.5, 0.6) is 0 Å². The SMILES string of the molecule is Cc1cc(Cl)c(Cl)c(Cl)n1. The van der Waals surface area contributed by atoms with Crippen molar-refractivity contribution in [2.75, 3.05) is 0 Å². The van der Waals surface area contributed by atoms with Gasteiger partial charge in [-0.25, -0.2) is 4.98 Å². The Kier molecular flexibility index (Phi) is 2.40. The molecule has 0 aliphatic carbocycles. The molecule has 0 N–H and O–H groups in total. The molecule has 1 nitrogen and oxygen atoms in total.